The molecule has 3 aromatic rings. The number of carbonyl (C=O) groups is 2. The smallest absolute Gasteiger partial charge is 0.416 e. The monoisotopic (exact) mass is 483 g/mol. The number of alkyl halides is 3. The minimum atomic E-state index is -4.52. The van der Waals surface area contributed by atoms with Gasteiger partial charge in [-0.2, -0.15) is 13.2 Å². The molecule has 0 saturated carbocycles. The van der Waals surface area contributed by atoms with Crippen LogP contribution in [0.2, 0.25) is 10.0 Å². The Morgan fingerprint density at radius 3 is 2.38 bits per heavy atom. The molecule has 0 unspecified atom stereocenters. The molecule has 0 bridgehead atoms. The van der Waals surface area contributed by atoms with Crippen molar-refractivity contribution in [2.75, 3.05) is 17.2 Å². The molecular weight excluding hydrogens is 470 g/mol. The van der Waals surface area contributed by atoms with Gasteiger partial charge in [0.15, 0.2) is 6.61 Å². The zero-order chi connectivity index (χ0) is 23.3. The highest BCUT2D eigenvalue weighted by Crippen LogP contribution is 2.31. The van der Waals surface area contributed by atoms with Gasteiger partial charge in [0.05, 0.1) is 5.56 Å². The van der Waals surface area contributed by atoms with Crippen LogP contribution in [0.15, 0.2) is 60.8 Å². The minimum absolute atomic E-state index is 0.0288. The maximum Gasteiger partial charge on any atom is 0.416 e. The number of aromatic nitrogens is 1. The molecule has 0 aliphatic heterocycles. The van der Waals surface area contributed by atoms with Crippen LogP contribution in [0.3, 0.4) is 0 Å². The van der Waals surface area contributed by atoms with Crippen LogP contribution in [-0.4, -0.2) is 23.5 Å². The molecule has 1 amide bonds. The largest absolute Gasteiger partial charge is 0.452 e. The lowest BCUT2D eigenvalue weighted by Crippen LogP contribution is -2.21. The van der Waals surface area contributed by atoms with E-state index >= 15 is 0 Å². The van der Waals surface area contributed by atoms with Crippen LogP contribution in [0, 0.1) is 0 Å². The van der Waals surface area contributed by atoms with E-state index in [4.69, 9.17) is 27.9 Å². The Hall–Kier alpha value is -3.30. The van der Waals surface area contributed by atoms with E-state index in [-0.39, 0.29) is 17.1 Å². The van der Waals surface area contributed by atoms with E-state index < -0.39 is 30.2 Å². The molecule has 2 aromatic carbocycles. The second-order valence-corrected chi connectivity index (χ2v) is 7.26. The van der Waals surface area contributed by atoms with Crippen molar-refractivity contribution in [3.05, 3.63) is 82.0 Å². The number of hydrogen-bond acceptors (Lipinski definition) is 5. The average Bonchev–Trinajstić information content (AvgIpc) is 2.71. The van der Waals surface area contributed by atoms with Crippen LogP contribution in [-0.2, 0) is 15.7 Å². The van der Waals surface area contributed by atoms with E-state index in [9.17, 15) is 22.8 Å². The van der Waals surface area contributed by atoms with Crippen molar-refractivity contribution in [2.45, 2.75) is 6.18 Å². The predicted molar refractivity (Wildman–Crippen MR) is 114 cm³/mol. The van der Waals surface area contributed by atoms with E-state index in [1.165, 1.54) is 48.7 Å². The zero-order valence-electron chi connectivity index (χ0n) is 16.0. The van der Waals surface area contributed by atoms with Gasteiger partial charge in [0.2, 0.25) is 0 Å². The lowest BCUT2D eigenvalue weighted by atomic mass is 10.2. The Balaban J connectivity index is 1.67. The number of rotatable bonds is 6. The summed E-state index contributed by atoms with van der Waals surface area (Å²) in [5, 5.41) is 5.77. The second-order valence-electron chi connectivity index (χ2n) is 6.39. The van der Waals surface area contributed by atoms with Gasteiger partial charge in [-0.05, 0) is 48.5 Å². The molecule has 0 atom stereocenters. The van der Waals surface area contributed by atoms with Gasteiger partial charge in [-0.25, -0.2) is 9.78 Å². The summed E-state index contributed by atoms with van der Waals surface area (Å²) < 4.78 is 43.8. The SMILES string of the molecule is O=C(COC(=O)c1cccnc1Nc1cccc(C(F)(F)F)c1)Nc1cc(Cl)cc(Cl)c1. The van der Waals surface area contributed by atoms with Crippen molar-refractivity contribution in [1.29, 1.82) is 0 Å². The normalized spacial score (nSPS) is 11.0. The van der Waals surface area contributed by atoms with Gasteiger partial charge in [-0.15, -0.1) is 0 Å². The Labute approximate surface area is 190 Å². The van der Waals surface area contributed by atoms with Crippen molar-refractivity contribution in [2.24, 2.45) is 0 Å². The van der Waals surface area contributed by atoms with Crippen LogP contribution >= 0.6 is 23.2 Å². The number of hydrogen-bond donors (Lipinski definition) is 2. The third-order valence-electron chi connectivity index (χ3n) is 3.96. The van der Waals surface area contributed by atoms with Gasteiger partial charge >= 0.3 is 12.1 Å². The molecule has 1 heterocycles. The van der Waals surface area contributed by atoms with Crippen molar-refractivity contribution in [3.8, 4) is 0 Å². The molecule has 0 aliphatic carbocycles. The molecule has 0 fully saturated rings. The van der Waals surface area contributed by atoms with Gasteiger partial charge in [-0.1, -0.05) is 29.3 Å². The van der Waals surface area contributed by atoms with Crippen molar-refractivity contribution in [3.63, 3.8) is 0 Å². The minimum Gasteiger partial charge on any atom is -0.452 e. The van der Waals surface area contributed by atoms with Gasteiger partial charge in [0, 0.05) is 27.6 Å². The van der Waals surface area contributed by atoms with Gasteiger partial charge < -0.3 is 15.4 Å². The molecule has 2 N–H and O–H groups in total. The molecule has 0 saturated heterocycles. The Kier molecular flexibility index (Phi) is 7.22. The quantitative estimate of drug-likeness (QED) is 0.423. The topological polar surface area (TPSA) is 80.3 Å². The number of esters is 1. The fourth-order valence-electron chi connectivity index (χ4n) is 2.61. The average molecular weight is 484 g/mol. The number of ether oxygens (including phenoxy) is 1. The molecule has 3 rings (SSSR count). The summed E-state index contributed by atoms with van der Waals surface area (Å²) >= 11 is 11.7. The summed E-state index contributed by atoms with van der Waals surface area (Å²) in [7, 11) is 0. The second kappa shape index (κ2) is 9.88. The molecule has 1 aromatic heterocycles. The third kappa shape index (κ3) is 6.35. The lowest BCUT2D eigenvalue weighted by molar-refractivity contribution is -0.137. The first-order chi connectivity index (χ1) is 15.1. The Morgan fingerprint density at radius 1 is 0.969 bits per heavy atom. The highest BCUT2D eigenvalue weighted by atomic mass is 35.5. The first-order valence-corrected chi connectivity index (χ1v) is 9.70. The summed E-state index contributed by atoms with van der Waals surface area (Å²) in [5.74, 6) is -1.57. The molecule has 0 spiro atoms. The number of nitrogens with one attached hydrogen (secondary N) is 2. The van der Waals surface area contributed by atoms with E-state index in [0.717, 1.165) is 12.1 Å². The summed E-state index contributed by atoms with van der Waals surface area (Å²) in [6.07, 6.45) is -3.17. The van der Waals surface area contributed by atoms with Crippen LogP contribution in [0.5, 0.6) is 0 Å². The molecule has 166 valence electrons. The number of anilines is 3. The molecule has 6 nitrogen and oxygen atoms in total. The Bertz CT molecular complexity index is 1140. The van der Waals surface area contributed by atoms with Gasteiger partial charge in [0.25, 0.3) is 5.91 Å². The Morgan fingerprint density at radius 2 is 1.69 bits per heavy atom. The number of nitrogens with zero attached hydrogens (tertiary/aromatic N) is 1. The molecule has 11 heteroatoms. The van der Waals surface area contributed by atoms with Crippen LogP contribution in [0.1, 0.15) is 15.9 Å². The molecular formula is C21H14Cl2F3N3O3. The molecule has 32 heavy (non-hydrogen) atoms. The lowest BCUT2D eigenvalue weighted by Gasteiger charge is -2.13. The molecule has 0 radical (unpaired) electrons. The van der Waals surface area contributed by atoms with Crippen LogP contribution in [0.4, 0.5) is 30.4 Å². The fraction of sp³-hybridized carbons (Fsp3) is 0.0952. The summed E-state index contributed by atoms with van der Waals surface area (Å²) in [5.41, 5.74) is -0.538. The third-order valence-corrected chi connectivity index (χ3v) is 4.40. The van der Waals surface area contributed by atoms with Crippen molar-refractivity contribution in [1.82, 2.24) is 4.98 Å². The maximum absolute atomic E-state index is 12.9. The number of carbonyl (C=O) groups excluding carboxylic acids is 2. The summed E-state index contributed by atoms with van der Waals surface area (Å²) in [4.78, 5) is 28.5. The van der Waals surface area contributed by atoms with E-state index in [1.807, 2.05) is 0 Å². The number of pyridine rings is 1. The fourth-order valence-corrected chi connectivity index (χ4v) is 3.14. The summed E-state index contributed by atoms with van der Waals surface area (Å²) in [6, 6.07) is 11.6. The maximum atomic E-state index is 12.9. The molecule has 0 aliphatic rings. The number of amides is 1. The van der Waals surface area contributed by atoms with Gasteiger partial charge in [-0.3, -0.25) is 4.79 Å². The first kappa shape index (κ1) is 23.4. The van der Waals surface area contributed by atoms with Crippen molar-refractivity contribution >= 4 is 52.3 Å². The van der Waals surface area contributed by atoms with E-state index in [1.54, 1.807) is 0 Å². The number of benzene rings is 2. The highest BCUT2D eigenvalue weighted by molar-refractivity contribution is 6.35. The highest BCUT2D eigenvalue weighted by Gasteiger charge is 2.30. The van der Waals surface area contributed by atoms with E-state index in [0.29, 0.717) is 15.7 Å². The predicted octanol–water partition coefficient (Wildman–Crippen LogP) is 5.95. The van der Waals surface area contributed by atoms with Crippen molar-refractivity contribution < 1.29 is 27.5 Å². The zero-order valence-corrected chi connectivity index (χ0v) is 17.6. The van der Waals surface area contributed by atoms with Crippen LogP contribution < -0.4 is 10.6 Å². The summed E-state index contributed by atoms with van der Waals surface area (Å²) in [6.45, 7) is -0.624. The van der Waals surface area contributed by atoms with E-state index in [2.05, 4.69) is 15.6 Å². The number of halogens is 5. The standard InChI is InChI=1S/C21H14Cl2F3N3O3/c22-13-8-14(23)10-16(9-13)28-18(30)11-32-20(31)17-5-2-6-27-19(17)29-15-4-1-3-12(7-15)21(24,25)26/h1-10H,11H2,(H,27,29)(H,28,30). The van der Waals surface area contributed by atoms with Gasteiger partial charge in [0.1, 0.15) is 11.4 Å². The first-order valence-electron chi connectivity index (χ1n) is 8.94. The van der Waals surface area contributed by atoms with Crippen LogP contribution in [0.25, 0.3) is 0 Å².